The van der Waals surface area contributed by atoms with E-state index in [4.69, 9.17) is 21.1 Å². The highest BCUT2D eigenvalue weighted by Crippen LogP contribution is 2.29. The average Bonchev–Trinajstić information content (AvgIpc) is 3.29. The lowest BCUT2D eigenvalue weighted by Crippen LogP contribution is -2.43. The normalized spacial score (nSPS) is 14.7. The maximum absolute atomic E-state index is 12.5. The highest BCUT2D eigenvalue weighted by atomic mass is 35.5. The van der Waals surface area contributed by atoms with Crippen LogP contribution in [0.2, 0.25) is 5.02 Å². The van der Waals surface area contributed by atoms with Crippen LogP contribution in [0, 0.1) is 12.8 Å². The lowest BCUT2D eigenvalue weighted by molar-refractivity contribution is -0.152. The average molecular weight is 522 g/mol. The molecule has 0 radical (unpaired) electrons. The summed E-state index contributed by atoms with van der Waals surface area (Å²) in [4.78, 5) is 50.4. The first-order chi connectivity index (χ1) is 17.8. The number of hydrazine groups is 1. The monoisotopic (exact) mass is 521 g/mol. The van der Waals surface area contributed by atoms with E-state index >= 15 is 0 Å². The van der Waals surface area contributed by atoms with Crippen molar-refractivity contribution in [1.82, 2.24) is 10.9 Å². The zero-order chi connectivity index (χ0) is 26.4. The lowest BCUT2D eigenvalue weighted by atomic mass is 10.1. The SMILES string of the molecule is Cc1ccc(Oc2ccc(N3C[C@H](C(=O)OCC(=O)NNC(=O)c4ccc(Cl)cc4)CC3=O)cc2)cc1. The predicted molar refractivity (Wildman–Crippen MR) is 136 cm³/mol. The molecule has 3 aromatic rings. The van der Waals surface area contributed by atoms with Crippen molar-refractivity contribution >= 4 is 41.0 Å². The maximum Gasteiger partial charge on any atom is 0.311 e. The summed E-state index contributed by atoms with van der Waals surface area (Å²) in [5, 5.41) is 0.473. The molecule has 1 heterocycles. The Hall–Kier alpha value is -4.37. The zero-order valence-electron chi connectivity index (χ0n) is 19.9. The fourth-order valence-electron chi connectivity index (χ4n) is 3.64. The quantitative estimate of drug-likeness (QED) is 0.361. The van der Waals surface area contributed by atoms with E-state index in [1.54, 1.807) is 36.4 Å². The molecular formula is C27H24ClN3O6. The Morgan fingerprint density at radius 2 is 1.54 bits per heavy atom. The van der Waals surface area contributed by atoms with Gasteiger partial charge in [-0.2, -0.15) is 0 Å². The Morgan fingerprint density at radius 3 is 2.19 bits per heavy atom. The number of nitrogens with one attached hydrogen (secondary N) is 2. The van der Waals surface area contributed by atoms with Crippen molar-refractivity contribution in [3.05, 3.63) is 88.9 Å². The molecule has 0 bridgehead atoms. The largest absolute Gasteiger partial charge is 0.457 e. The van der Waals surface area contributed by atoms with Crippen LogP contribution in [0.1, 0.15) is 22.3 Å². The van der Waals surface area contributed by atoms with Crippen LogP contribution >= 0.6 is 11.6 Å². The van der Waals surface area contributed by atoms with Gasteiger partial charge in [-0.25, -0.2) is 0 Å². The molecule has 190 valence electrons. The second kappa shape index (κ2) is 11.6. The molecule has 2 N–H and O–H groups in total. The van der Waals surface area contributed by atoms with Crippen LogP contribution in [-0.2, 0) is 19.1 Å². The smallest absolute Gasteiger partial charge is 0.311 e. The first-order valence-electron chi connectivity index (χ1n) is 11.4. The summed E-state index contributed by atoms with van der Waals surface area (Å²) in [7, 11) is 0. The number of aryl methyl sites for hydroxylation is 1. The molecule has 1 atom stereocenters. The molecule has 1 saturated heterocycles. The first-order valence-corrected chi connectivity index (χ1v) is 11.8. The van der Waals surface area contributed by atoms with Crippen molar-refractivity contribution in [3.8, 4) is 11.5 Å². The Labute approximate surface area is 218 Å². The number of esters is 1. The van der Waals surface area contributed by atoms with Crippen molar-refractivity contribution < 1.29 is 28.7 Å². The van der Waals surface area contributed by atoms with Gasteiger partial charge < -0.3 is 14.4 Å². The van der Waals surface area contributed by atoms with Gasteiger partial charge in [-0.15, -0.1) is 0 Å². The van der Waals surface area contributed by atoms with Gasteiger partial charge in [-0.05, 0) is 67.6 Å². The fourth-order valence-corrected chi connectivity index (χ4v) is 3.77. The first kappa shape index (κ1) is 25.7. The van der Waals surface area contributed by atoms with Gasteiger partial charge in [0, 0.05) is 29.2 Å². The number of amides is 3. The minimum Gasteiger partial charge on any atom is -0.457 e. The number of carbonyl (C=O) groups is 4. The van der Waals surface area contributed by atoms with E-state index in [0.29, 0.717) is 27.8 Å². The summed E-state index contributed by atoms with van der Waals surface area (Å²) in [6.07, 6.45) is -0.0324. The highest BCUT2D eigenvalue weighted by molar-refractivity contribution is 6.30. The predicted octanol–water partition coefficient (Wildman–Crippen LogP) is 3.80. The van der Waals surface area contributed by atoms with Crippen molar-refractivity contribution in [2.45, 2.75) is 13.3 Å². The van der Waals surface area contributed by atoms with Crippen molar-refractivity contribution in [1.29, 1.82) is 0 Å². The van der Waals surface area contributed by atoms with Crippen LogP contribution in [0.3, 0.4) is 0 Å². The molecule has 0 unspecified atom stereocenters. The lowest BCUT2D eigenvalue weighted by Gasteiger charge is -2.17. The number of hydrogen-bond donors (Lipinski definition) is 2. The number of anilines is 1. The third kappa shape index (κ3) is 6.86. The number of nitrogens with zero attached hydrogens (tertiary/aromatic N) is 1. The summed E-state index contributed by atoms with van der Waals surface area (Å²) >= 11 is 5.78. The third-order valence-corrected chi connectivity index (χ3v) is 5.88. The van der Waals surface area contributed by atoms with Gasteiger partial charge >= 0.3 is 5.97 Å². The molecule has 10 heteroatoms. The molecule has 0 aromatic heterocycles. The molecule has 4 rings (SSSR count). The zero-order valence-corrected chi connectivity index (χ0v) is 20.7. The maximum atomic E-state index is 12.5. The van der Waals surface area contributed by atoms with Crippen molar-refractivity contribution in [2.75, 3.05) is 18.1 Å². The van der Waals surface area contributed by atoms with Crippen LogP contribution in [0.25, 0.3) is 0 Å². The standard InChI is InChI=1S/C27H24ClN3O6/c1-17-2-10-22(11-3-17)37-23-12-8-21(9-13-23)31-15-19(14-25(31)33)27(35)36-16-24(32)29-30-26(34)18-4-6-20(28)7-5-18/h2-13,19H,14-16H2,1H3,(H,29,32)(H,30,34)/t19-/m1/s1. The van der Waals surface area contributed by atoms with Crippen molar-refractivity contribution in [2.24, 2.45) is 5.92 Å². The number of ether oxygens (including phenoxy) is 2. The molecule has 1 fully saturated rings. The number of hydrogen-bond acceptors (Lipinski definition) is 6. The van der Waals surface area contributed by atoms with Crippen LogP contribution in [0.15, 0.2) is 72.8 Å². The van der Waals surface area contributed by atoms with Gasteiger partial charge in [-0.1, -0.05) is 29.3 Å². The van der Waals surface area contributed by atoms with Crippen LogP contribution in [0.5, 0.6) is 11.5 Å². The molecule has 0 saturated carbocycles. The van der Waals surface area contributed by atoms with E-state index in [-0.39, 0.29) is 18.9 Å². The molecule has 37 heavy (non-hydrogen) atoms. The van der Waals surface area contributed by atoms with Gasteiger partial charge in [0.1, 0.15) is 11.5 Å². The summed E-state index contributed by atoms with van der Waals surface area (Å²) in [5.41, 5.74) is 6.44. The molecule has 1 aliphatic heterocycles. The van der Waals surface area contributed by atoms with E-state index in [1.807, 2.05) is 31.2 Å². The van der Waals surface area contributed by atoms with Crippen molar-refractivity contribution in [3.63, 3.8) is 0 Å². The fraction of sp³-hybridized carbons (Fsp3) is 0.185. The Morgan fingerprint density at radius 1 is 0.919 bits per heavy atom. The Balaban J connectivity index is 1.23. The van der Waals surface area contributed by atoms with E-state index in [9.17, 15) is 19.2 Å². The summed E-state index contributed by atoms with van der Waals surface area (Å²) in [6.45, 7) is 1.52. The van der Waals surface area contributed by atoms with E-state index < -0.39 is 30.3 Å². The highest BCUT2D eigenvalue weighted by Gasteiger charge is 2.36. The van der Waals surface area contributed by atoms with E-state index in [0.717, 1.165) is 5.56 Å². The van der Waals surface area contributed by atoms with Gasteiger partial charge in [0.2, 0.25) is 5.91 Å². The summed E-state index contributed by atoms with van der Waals surface area (Å²) < 4.78 is 10.9. The summed E-state index contributed by atoms with van der Waals surface area (Å²) in [5.74, 6) is -1.57. The number of carbonyl (C=O) groups excluding carboxylic acids is 4. The third-order valence-electron chi connectivity index (χ3n) is 5.63. The van der Waals surface area contributed by atoms with E-state index in [2.05, 4.69) is 10.9 Å². The Kier molecular flexibility index (Phi) is 8.05. The van der Waals surface area contributed by atoms with Crippen LogP contribution in [0.4, 0.5) is 5.69 Å². The van der Waals surface area contributed by atoms with Crippen LogP contribution < -0.4 is 20.5 Å². The molecule has 3 aromatic carbocycles. The van der Waals surface area contributed by atoms with E-state index in [1.165, 1.54) is 17.0 Å². The minimum atomic E-state index is -0.721. The minimum absolute atomic E-state index is 0.0324. The molecule has 0 aliphatic carbocycles. The molecule has 0 spiro atoms. The Bertz CT molecular complexity index is 1290. The molecule has 1 aliphatic rings. The second-order valence-electron chi connectivity index (χ2n) is 8.43. The number of benzene rings is 3. The summed E-state index contributed by atoms with van der Waals surface area (Å²) in [6, 6.07) is 20.7. The molecule has 9 nitrogen and oxygen atoms in total. The van der Waals surface area contributed by atoms with Gasteiger partial charge in [0.25, 0.3) is 11.8 Å². The number of halogens is 1. The van der Waals surface area contributed by atoms with Gasteiger partial charge in [0.15, 0.2) is 6.61 Å². The number of rotatable bonds is 7. The molecule has 3 amide bonds. The second-order valence-corrected chi connectivity index (χ2v) is 8.87. The van der Waals surface area contributed by atoms with Crippen LogP contribution in [-0.4, -0.2) is 36.8 Å². The van der Waals surface area contributed by atoms with Gasteiger partial charge in [-0.3, -0.25) is 30.0 Å². The topological polar surface area (TPSA) is 114 Å². The molecular weight excluding hydrogens is 498 g/mol. The van der Waals surface area contributed by atoms with Gasteiger partial charge in [0.05, 0.1) is 5.92 Å².